The minimum absolute atomic E-state index is 0.00388. The van der Waals surface area contributed by atoms with Gasteiger partial charge in [0.05, 0.1) is 11.0 Å². The van der Waals surface area contributed by atoms with E-state index in [9.17, 15) is 9.59 Å². The predicted octanol–water partition coefficient (Wildman–Crippen LogP) is 2.15. The molecule has 0 unspecified atom stereocenters. The second-order valence-electron chi connectivity index (χ2n) is 8.45. The molecule has 2 amide bonds. The maximum Gasteiger partial charge on any atom is 0.253 e. The van der Waals surface area contributed by atoms with Crippen molar-refractivity contribution in [2.24, 2.45) is 11.3 Å². The van der Waals surface area contributed by atoms with Gasteiger partial charge in [-0.05, 0) is 42.9 Å². The maximum absolute atomic E-state index is 12.9. The molecule has 2 aliphatic rings. The molecule has 1 saturated carbocycles. The van der Waals surface area contributed by atoms with Gasteiger partial charge in [-0.3, -0.25) is 19.5 Å². The van der Waals surface area contributed by atoms with Crippen LogP contribution in [0.2, 0.25) is 0 Å². The van der Waals surface area contributed by atoms with E-state index in [4.69, 9.17) is 0 Å². The fraction of sp³-hybridized carbons (Fsp3) is 0.435. The van der Waals surface area contributed by atoms with Crippen molar-refractivity contribution in [1.82, 2.24) is 20.5 Å². The van der Waals surface area contributed by atoms with Crippen molar-refractivity contribution in [3.63, 3.8) is 0 Å². The first-order chi connectivity index (χ1) is 14.0. The molecule has 0 spiro atoms. The zero-order valence-corrected chi connectivity index (χ0v) is 17.0. The van der Waals surface area contributed by atoms with Crippen molar-refractivity contribution in [2.45, 2.75) is 32.4 Å². The minimum Gasteiger partial charge on any atom is -0.359 e. The van der Waals surface area contributed by atoms with Crippen molar-refractivity contribution in [3.8, 4) is 0 Å². The largest absolute Gasteiger partial charge is 0.359 e. The number of fused-ring (bicyclic) bond motifs is 1. The smallest absolute Gasteiger partial charge is 0.253 e. The Kier molecular flexibility index (Phi) is 5.37. The third-order valence-electron chi connectivity index (χ3n) is 6.35. The van der Waals surface area contributed by atoms with E-state index in [1.807, 2.05) is 31.2 Å². The van der Waals surface area contributed by atoms with Gasteiger partial charge < -0.3 is 10.6 Å². The van der Waals surface area contributed by atoms with Crippen LogP contribution in [0.5, 0.6) is 0 Å². The molecule has 1 aromatic heterocycles. The van der Waals surface area contributed by atoms with Gasteiger partial charge in [-0.15, -0.1) is 0 Å². The normalized spacial score (nSPS) is 26.1. The van der Waals surface area contributed by atoms with E-state index in [0.717, 1.165) is 31.6 Å². The Balaban J connectivity index is 1.46. The van der Waals surface area contributed by atoms with Crippen molar-refractivity contribution in [1.29, 1.82) is 0 Å². The molecule has 1 saturated heterocycles. The maximum atomic E-state index is 12.9. The molecule has 2 aromatic rings. The highest BCUT2D eigenvalue weighted by Crippen LogP contribution is 2.49. The van der Waals surface area contributed by atoms with Gasteiger partial charge in [-0.25, -0.2) is 0 Å². The quantitative estimate of drug-likeness (QED) is 0.818. The molecule has 29 heavy (non-hydrogen) atoms. The summed E-state index contributed by atoms with van der Waals surface area (Å²) in [6, 6.07) is 12.2. The van der Waals surface area contributed by atoms with Crippen LogP contribution in [0.4, 0.5) is 0 Å². The van der Waals surface area contributed by atoms with Crippen LogP contribution in [0.15, 0.2) is 48.8 Å². The lowest BCUT2D eigenvalue weighted by molar-refractivity contribution is -0.131. The van der Waals surface area contributed by atoms with Gasteiger partial charge in [0, 0.05) is 45.1 Å². The number of hydrogen-bond acceptors (Lipinski definition) is 4. The highest BCUT2D eigenvalue weighted by atomic mass is 16.2. The molecular formula is C23H28N4O2. The number of amides is 2. The lowest BCUT2D eigenvalue weighted by Crippen LogP contribution is -2.44. The van der Waals surface area contributed by atoms with Crippen LogP contribution in [0.25, 0.3) is 0 Å². The Bertz CT molecular complexity index is 901. The molecule has 1 aromatic carbocycles. The summed E-state index contributed by atoms with van der Waals surface area (Å²) in [4.78, 5) is 32.0. The molecule has 0 bridgehead atoms. The highest BCUT2D eigenvalue weighted by Gasteiger charge is 2.57. The van der Waals surface area contributed by atoms with Crippen LogP contribution in [0.1, 0.15) is 34.3 Å². The summed E-state index contributed by atoms with van der Waals surface area (Å²) in [7, 11) is 1.71. The first kappa shape index (κ1) is 19.6. The Morgan fingerprint density at radius 2 is 2.03 bits per heavy atom. The summed E-state index contributed by atoms with van der Waals surface area (Å²) < 4.78 is 0. The lowest BCUT2D eigenvalue weighted by Gasteiger charge is -2.27. The van der Waals surface area contributed by atoms with E-state index in [1.54, 1.807) is 19.4 Å². The van der Waals surface area contributed by atoms with Gasteiger partial charge in [0.1, 0.15) is 0 Å². The van der Waals surface area contributed by atoms with Crippen LogP contribution in [-0.2, 0) is 11.3 Å². The molecule has 6 heteroatoms. The van der Waals surface area contributed by atoms with Crippen molar-refractivity contribution >= 4 is 11.8 Å². The van der Waals surface area contributed by atoms with Gasteiger partial charge >= 0.3 is 0 Å². The van der Waals surface area contributed by atoms with Gasteiger partial charge in [0.2, 0.25) is 5.91 Å². The van der Waals surface area contributed by atoms with Gasteiger partial charge in [0.15, 0.2) is 0 Å². The van der Waals surface area contributed by atoms with E-state index in [0.29, 0.717) is 12.0 Å². The average molecular weight is 393 g/mol. The molecule has 3 atom stereocenters. The number of carbonyl (C=O) groups excluding carboxylic acids is 2. The van der Waals surface area contributed by atoms with E-state index >= 15 is 0 Å². The van der Waals surface area contributed by atoms with Crippen LogP contribution >= 0.6 is 0 Å². The molecule has 2 fully saturated rings. The molecule has 2 N–H and O–H groups in total. The van der Waals surface area contributed by atoms with Crippen LogP contribution in [-0.4, -0.2) is 47.9 Å². The molecular weight excluding hydrogens is 364 g/mol. The Labute approximate surface area is 171 Å². The number of benzene rings is 1. The average Bonchev–Trinajstić information content (AvgIpc) is 3.22. The summed E-state index contributed by atoms with van der Waals surface area (Å²) in [5, 5.41) is 6.02. The number of hydrogen-bond donors (Lipinski definition) is 2. The molecule has 2 heterocycles. The summed E-state index contributed by atoms with van der Waals surface area (Å²) in [6.07, 6.45) is 4.82. The van der Waals surface area contributed by atoms with E-state index < -0.39 is 5.41 Å². The number of nitrogens with zero attached hydrogens (tertiary/aromatic N) is 2. The first-order valence-electron chi connectivity index (χ1n) is 10.2. The number of pyridine rings is 1. The molecule has 4 rings (SSSR count). The summed E-state index contributed by atoms with van der Waals surface area (Å²) in [5.41, 5.74) is 2.35. The third-order valence-corrected chi connectivity index (χ3v) is 6.35. The second kappa shape index (κ2) is 7.95. The lowest BCUT2D eigenvalue weighted by atomic mass is 9.80. The molecule has 0 radical (unpaired) electrons. The number of aryl methyl sites for hydroxylation is 1. The third kappa shape index (κ3) is 3.90. The number of aromatic nitrogens is 1. The first-order valence-corrected chi connectivity index (χ1v) is 10.2. The van der Waals surface area contributed by atoms with Crippen LogP contribution in [0, 0.1) is 18.3 Å². The fourth-order valence-corrected chi connectivity index (χ4v) is 5.10. The number of rotatable bonds is 5. The van der Waals surface area contributed by atoms with Gasteiger partial charge in [-0.1, -0.05) is 30.3 Å². The standard InChI is InChI=1S/C23H28N4O2/c1-16-8-18(12-25-11-16)21(28)26-20-9-19-14-27(13-17-6-4-3-5-7-17)15-23(19,10-20)22(29)24-2/h3-8,11-12,19-20H,9-10,13-15H2,1-2H3,(H,24,29)(H,26,28)/t19-,20-,23-/m0/s1. The van der Waals surface area contributed by atoms with Gasteiger partial charge in [-0.2, -0.15) is 0 Å². The number of nitrogens with one attached hydrogen (secondary N) is 2. The minimum atomic E-state index is -0.438. The van der Waals surface area contributed by atoms with Crippen molar-refractivity contribution in [3.05, 3.63) is 65.5 Å². The summed E-state index contributed by atoms with van der Waals surface area (Å²) >= 11 is 0. The topological polar surface area (TPSA) is 74.3 Å². The molecule has 152 valence electrons. The monoisotopic (exact) mass is 392 g/mol. The summed E-state index contributed by atoms with van der Waals surface area (Å²) in [6.45, 7) is 4.37. The molecule has 1 aliphatic heterocycles. The SMILES string of the molecule is CNC(=O)[C@]12C[C@@H](NC(=O)c3cncc(C)c3)C[C@H]1CN(Cc1ccccc1)C2. The van der Waals surface area contributed by atoms with E-state index in [-0.39, 0.29) is 23.8 Å². The van der Waals surface area contributed by atoms with Gasteiger partial charge in [0.25, 0.3) is 5.91 Å². The summed E-state index contributed by atoms with van der Waals surface area (Å²) in [5.74, 6) is 0.221. The highest BCUT2D eigenvalue weighted by molar-refractivity contribution is 5.94. The zero-order chi connectivity index (χ0) is 20.4. The molecule has 6 nitrogen and oxygen atoms in total. The Hall–Kier alpha value is -2.73. The van der Waals surface area contributed by atoms with Crippen molar-refractivity contribution in [2.75, 3.05) is 20.1 Å². The number of carbonyl (C=O) groups is 2. The van der Waals surface area contributed by atoms with Crippen LogP contribution in [0.3, 0.4) is 0 Å². The van der Waals surface area contributed by atoms with E-state index in [2.05, 4.69) is 32.7 Å². The molecule has 1 aliphatic carbocycles. The zero-order valence-electron chi connectivity index (χ0n) is 17.0. The fourth-order valence-electron chi connectivity index (χ4n) is 5.10. The predicted molar refractivity (Wildman–Crippen MR) is 111 cm³/mol. The van der Waals surface area contributed by atoms with Crippen molar-refractivity contribution < 1.29 is 9.59 Å². The number of likely N-dealkylation sites (tertiary alicyclic amines) is 1. The Morgan fingerprint density at radius 1 is 1.24 bits per heavy atom. The van der Waals surface area contributed by atoms with E-state index in [1.165, 1.54) is 5.56 Å². The van der Waals surface area contributed by atoms with Crippen LogP contribution < -0.4 is 10.6 Å². The Morgan fingerprint density at radius 3 is 2.76 bits per heavy atom. The second-order valence-corrected chi connectivity index (χ2v) is 8.45.